The molecule has 2 aromatic rings. The Morgan fingerprint density at radius 1 is 1.17 bits per heavy atom. The Kier molecular flexibility index (Phi) is 14.1. The number of amides is 1. The predicted octanol–water partition coefficient (Wildman–Crippen LogP) is 6.70. The first kappa shape index (κ1) is 29.9. The Morgan fingerprint density at radius 2 is 1.86 bits per heavy atom. The first-order chi connectivity index (χ1) is 16.9. The lowest BCUT2D eigenvalue weighted by molar-refractivity contribution is -0.109. The molecule has 0 aliphatic heterocycles. The summed E-state index contributed by atoms with van der Waals surface area (Å²) in [5, 5.41) is 7.59. The van der Waals surface area contributed by atoms with Gasteiger partial charge in [-0.3, -0.25) is 9.48 Å². The quantitative estimate of drug-likeness (QED) is 0.196. The average molecular weight is 483 g/mol. The van der Waals surface area contributed by atoms with E-state index in [4.69, 9.17) is 5.10 Å². The minimum atomic E-state index is -0.245. The van der Waals surface area contributed by atoms with Gasteiger partial charge < -0.3 is 10.2 Å². The van der Waals surface area contributed by atoms with Gasteiger partial charge in [-0.1, -0.05) is 45.9 Å². The minimum Gasteiger partial charge on any atom is -0.370 e. The molecule has 0 atom stereocenters. The molecule has 1 aromatic heterocycles. The number of carbonyl (C=O) groups is 1. The second-order valence-electron chi connectivity index (χ2n) is 8.35. The van der Waals surface area contributed by atoms with Crippen molar-refractivity contribution in [3.8, 4) is 11.3 Å². The number of nitrogens with zero attached hydrogens (tertiary/aromatic N) is 3. The minimum absolute atomic E-state index is 0.245. The Morgan fingerprint density at radius 3 is 2.43 bits per heavy atom. The summed E-state index contributed by atoms with van der Waals surface area (Å²) in [6, 6.07) is 8.58. The van der Waals surface area contributed by atoms with Crippen LogP contribution in [-0.4, -0.2) is 40.7 Å². The van der Waals surface area contributed by atoms with Gasteiger partial charge in [-0.25, -0.2) is 4.39 Å². The number of nitrogens with one attached hydrogen (secondary N) is 1. The van der Waals surface area contributed by atoms with Crippen molar-refractivity contribution in [2.75, 3.05) is 19.6 Å². The van der Waals surface area contributed by atoms with Crippen LogP contribution in [0.4, 0.5) is 4.39 Å². The Bertz CT molecular complexity index is 971. The Labute approximate surface area is 211 Å². The molecule has 5 nitrogen and oxygen atoms in total. The van der Waals surface area contributed by atoms with Gasteiger partial charge in [-0.05, 0) is 75.1 Å². The van der Waals surface area contributed by atoms with Gasteiger partial charge in [0, 0.05) is 43.1 Å². The van der Waals surface area contributed by atoms with Crippen LogP contribution in [0.2, 0.25) is 0 Å². The zero-order valence-electron chi connectivity index (χ0n) is 22.5. The van der Waals surface area contributed by atoms with E-state index < -0.39 is 0 Å². The van der Waals surface area contributed by atoms with Crippen molar-refractivity contribution >= 4 is 6.41 Å². The number of hydrogen-bond acceptors (Lipinski definition) is 3. The van der Waals surface area contributed by atoms with E-state index in [0.29, 0.717) is 12.5 Å². The van der Waals surface area contributed by atoms with Crippen LogP contribution in [0, 0.1) is 5.82 Å². The van der Waals surface area contributed by atoms with E-state index in [1.165, 1.54) is 23.4 Å². The van der Waals surface area contributed by atoms with Crippen molar-refractivity contribution in [2.24, 2.45) is 0 Å². The number of halogens is 1. The highest BCUT2D eigenvalue weighted by atomic mass is 19.1. The summed E-state index contributed by atoms with van der Waals surface area (Å²) >= 11 is 0. The monoisotopic (exact) mass is 482 g/mol. The second-order valence-corrected chi connectivity index (χ2v) is 8.35. The number of aryl methyl sites for hydroxylation is 1. The van der Waals surface area contributed by atoms with E-state index in [1.807, 2.05) is 33.8 Å². The molecule has 0 spiro atoms. The van der Waals surface area contributed by atoms with Crippen molar-refractivity contribution in [3.63, 3.8) is 0 Å². The fraction of sp³-hybridized carbons (Fsp3) is 0.448. The summed E-state index contributed by atoms with van der Waals surface area (Å²) in [4.78, 5) is 13.0. The van der Waals surface area contributed by atoms with E-state index in [2.05, 4.69) is 60.0 Å². The van der Waals surface area contributed by atoms with Gasteiger partial charge in [0.05, 0.1) is 5.69 Å². The number of rotatable bonds is 13. The highest BCUT2D eigenvalue weighted by molar-refractivity contribution is 5.59. The molecule has 0 radical (unpaired) electrons. The largest absolute Gasteiger partial charge is 0.370 e. The summed E-state index contributed by atoms with van der Waals surface area (Å²) in [6.45, 7) is 17.4. The molecule has 1 amide bonds. The average Bonchev–Trinajstić information content (AvgIpc) is 3.28. The molecule has 0 unspecified atom stereocenters. The van der Waals surface area contributed by atoms with E-state index in [9.17, 15) is 9.18 Å². The number of carbonyl (C=O) groups excluding carboxylic acids is 1. The molecule has 1 heterocycles. The molecule has 2 rings (SSSR count). The number of aromatic nitrogens is 2. The molecule has 0 aliphatic rings. The van der Waals surface area contributed by atoms with Crippen LogP contribution in [0.25, 0.3) is 11.3 Å². The third-order valence-electron chi connectivity index (χ3n) is 5.42. The van der Waals surface area contributed by atoms with E-state index in [-0.39, 0.29) is 5.82 Å². The molecule has 0 aliphatic carbocycles. The zero-order chi connectivity index (χ0) is 26.2. The smallest absolute Gasteiger partial charge is 0.207 e. The standard InChI is InChI=1S/C27H37FN4O.C2H6/c1-6-9-22(5)18-25(7-2)31(17-14-29-20-33)15-8-16-32-27(21(3)4)19-26(30-32)23-10-12-24(28)13-11-23;1-2/h6-7,9-13,18-21H,8,14-17H2,1-5H3,(H,29,33);1-2H3/b9-6-,22-18-,25-7?;. The first-order valence-corrected chi connectivity index (χ1v) is 12.6. The summed E-state index contributed by atoms with van der Waals surface area (Å²) in [5.74, 6) is 0.0852. The molecule has 0 saturated heterocycles. The number of hydrogen-bond donors (Lipinski definition) is 1. The molecular weight excluding hydrogens is 439 g/mol. The van der Waals surface area contributed by atoms with Crippen molar-refractivity contribution < 1.29 is 9.18 Å². The van der Waals surface area contributed by atoms with Gasteiger partial charge >= 0.3 is 0 Å². The number of benzene rings is 1. The third-order valence-corrected chi connectivity index (χ3v) is 5.42. The molecule has 0 saturated carbocycles. The van der Waals surface area contributed by atoms with Crippen LogP contribution in [0.3, 0.4) is 0 Å². The molecule has 1 N–H and O–H groups in total. The molecule has 0 bridgehead atoms. The van der Waals surface area contributed by atoms with Crippen LogP contribution in [0.15, 0.2) is 65.9 Å². The van der Waals surface area contributed by atoms with Crippen molar-refractivity contribution in [2.45, 2.75) is 67.3 Å². The van der Waals surface area contributed by atoms with Crippen LogP contribution in [0.1, 0.15) is 66.5 Å². The summed E-state index contributed by atoms with van der Waals surface area (Å²) in [7, 11) is 0. The molecule has 35 heavy (non-hydrogen) atoms. The Hall–Kier alpha value is -3.15. The highest BCUT2D eigenvalue weighted by Crippen LogP contribution is 2.24. The van der Waals surface area contributed by atoms with Gasteiger partial charge in [0.2, 0.25) is 6.41 Å². The first-order valence-electron chi connectivity index (χ1n) is 12.6. The normalized spacial score (nSPS) is 12.0. The van der Waals surface area contributed by atoms with Gasteiger partial charge in [0.15, 0.2) is 0 Å². The molecule has 0 fully saturated rings. The van der Waals surface area contributed by atoms with Crippen molar-refractivity contribution in [1.82, 2.24) is 20.0 Å². The van der Waals surface area contributed by atoms with Gasteiger partial charge in [0.25, 0.3) is 0 Å². The zero-order valence-corrected chi connectivity index (χ0v) is 22.5. The van der Waals surface area contributed by atoms with E-state index >= 15 is 0 Å². The Balaban J connectivity index is 0.00000298. The SMILES string of the molecule is CC.CC=C(/C=C(C)\C=C/C)N(CCCn1nc(-c2ccc(F)cc2)cc1C(C)C)CCNC=O. The maximum Gasteiger partial charge on any atom is 0.207 e. The fourth-order valence-electron chi connectivity index (χ4n) is 3.78. The maximum atomic E-state index is 13.3. The maximum absolute atomic E-state index is 13.3. The molecule has 192 valence electrons. The van der Waals surface area contributed by atoms with Crippen LogP contribution < -0.4 is 5.32 Å². The van der Waals surface area contributed by atoms with Crippen LogP contribution >= 0.6 is 0 Å². The lowest BCUT2D eigenvalue weighted by Crippen LogP contribution is -2.32. The summed E-state index contributed by atoms with van der Waals surface area (Å²) in [5.41, 5.74) is 5.26. The number of allylic oxidation sites excluding steroid dienone is 5. The topological polar surface area (TPSA) is 50.2 Å². The molecule has 6 heteroatoms. The predicted molar refractivity (Wildman–Crippen MR) is 146 cm³/mol. The van der Waals surface area contributed by atoms with E-state index in [1.54, 1.807) is 12.1 Å². The van der Waals surface area contributed by atoms with Gasteiger partial charge in [0.1, 0.15) is 5.82 Å². The van der Waals surface area contributed by atoms with Gasteiger partial charge in [-0.2, -0.15) is 5.10 Å². The lowest BCUT2D eigenvalue weighted by atomic mass is 10.1. The second kappa shape index (κ2) is 16.5. The van der Waals surface area contributed by atoms with Crippen molar-refractivity contribution in [3.05, 3.63) is 77.4 Å². The lowest BCUT2D eigenvalue weighted by Gasteiger charge is -2.26. The van der Waals surface area contributed by atoms with Crippen LogP contribution in [-0.2, 0) is 11.3 Å². The van der Waals surface area contributed by atoms with E-state index in [0.717, 1.165) is 49.4 Å². The summed E-state index contributed by atoms with van der Waals surface area (Å²) < 4.78 is 15.4. The summed E-state index contributed by atoms with van der Waals surface area (Å²) in [6.07, 6.45) is 10.0. The highest BCUT2D eigenvalue weighted by Gasteiger charge is 2.14. The van der Waals surface area contributed by atoms with Gasteiger partial charge in [-0.15, -0.1) is 0 Å². The molecular formula is C29H43FN4O. The van der Waals surface area contributed by atoms with Crippen molar-refractivity contribution in [1.29, 1.82) is 0 Å². The fourth-order valence-corrected chi connectivity index (χ4v) is 3.78. The molecule has 1 aromatic carbocycles. The van der Waals surface area contributed by atoms with Crippen LogP contribution in [0.5, 0.6) is 0 Å². The third kappa shape index (κ3) is 9.93.